The predicted molar refractivity (Wildman–Crippen MR) is 114 cm³/mol. The quantitative estimate of drug-likeness (QED) is 0.361. The Morgan fingerprint density at radius 1 is 1.32 bits per heavy atom. The number of nitrogens with one attached hydrogen (secondary N) is 2. The van der Waals surface area contributed by atoms with Crippen LogP contribution in [0.4, 0.5) is 0 Å². The Bertz CT molecular complexity index is 626. The molecule has 0 unspecified atom stereocenters. The molecule has 1 aliphatic heterocycles. The maximum absolute atomic E-state index is 11.9. The van der Waals surface area contributed by atoms with Crippen molar-refractivity contribution in [1.29, 1.82) is 0 Å². The SMILES string of the molecule is CCNC(=NCc1csc(C(C)C)n1)N1CCN(CC(=O)NCCOC)CC1. The summed E-state index contributed by atoms with van der Waals surface area (Å²) in [5.74, 6) is 1.43. The molecule has 1 aliphatic rings. The van der Waals surface area contributed by atoms with Crippen LogP contribution in [0.5, 0.6) is 0 Å². The summed E-state index contributed by atoms with van der Waals surface area (Å²) in [6.07, 6.45) is 0. The Kier molecular flexibility index (Phi) is 9.66. The number of aliphatic imine (C=N–C) groups is 1. The topological polar surface area (TPSA) is 82.1 Å². The minimum atomic E-state index is 0.0514. The molecule has 9 heteroatoms. The van der Waals surface area contributed by atoms with Gasteiger partial charge in [-0.25, -0.2) is 9.98 Å². The molecule has 28 heavy (non-hydrogen) atoms. The summed E-state index contributed by atoms with van der Waals surface area (Å²) in [4.78, 5) is 25.8. The van der Waals surface area contributed by atoms with E-state index >= 15 is 0 Å². The monoisotopic (exact) mass is 410 g/mol. The van der Waals surface area contributed by atoms with Crippen LogP contribution in [0.1, 0.15) is 37.4 Å². The molecule has 0 saturated carbocycles. The Morgan fingerprint density at radius 2 is 2.07 bits per heavy atom. The number of carbonyl (C=O) groups is 1. The third kappa shape index (κ3) is 7.37. The maximum Gasteiger partial charge on any atom is 0.234 e. The third-order valence-electron chi connectivity index (χ3n) is 4.46. The number of hydrogen-bond donors (Lipinski definition) is 2. The largest absolute Gasteiger partial charge is 0.383 e. The molecular weight excluding hydrogens is 376 g/mol. The van der Waals surface area contributed by atoms with Crippen molar-refractivity contribution in [2.45, 2.75) is 33.2 Å². The fraction of sp³-hybridized carbons (Fsp3) is 0.737. The summed E-state index contributed by atoms with van der Waals surface area (Å²) in [6.45, 7) is 12.7. The summed E-state index contributed by atoms with van der Waals surface area (Å²) in [7, 11) is 1.63. The first-order valence-electron chi connectivity index (χ1n) is 9.99. The van der Waals surface area contributed by atoms with Crippen LogP contribution in [0.15, 0.2) is 10.4 Å². The van der Waals surface area contributed by atoms with Crippen LogP contribution < -0.4 is 10.6 Å². The highest BCUT2D eigenvalue weighted by molar-refractivity contribution is 7.09. The predicted octanol–water partition coefficient (Wildman–Crippen LogP) is 1.11. The van der Waals surface area contributed by atoms with Crippen LogP contribution in [0.2, 0.25) is 0 Å². The second-order valence-corrected chi connectivity index (χ2v) is 8.00. The fourth-order valence-electron chi connectivity index (χ4n) is 2.91. The number of rotatable bonds is 9. The van der Waals surface area contributed by atoms with E-state index in [0.717, 1.165) is 49.4 Å². The smallest absolute Gasteiger partial charge is 0.234 e. The molecule has 1 amide bonds. The van der Waals surface area contributed by atoms with E-state index in [1.807, 2.05) is 0 Å². The molecule has 0 bridgehead atoms. The number of ether oxygens (including phenoxy) is 1. The van der Waals surface area contributed by atoms with Gasteiger partial charge in [0.05, 0.1) is 30.4 Å². The Balaban J connectivity index is 1.83. The van der Waals surface area contributed by atoms with E-state index in [1.165, 1.54) is 0 Å². The summed E-state index contributed by atoms with van der Waals surface area (Å²) in [5.41, 5.74) is 1.02. The van der Waals surface area contributed by atoms with Crippen molar-refractivity contribution in [3.05, 3.63) is 16.1 Å². The van der Waals surface area contributed by atoms with Crippen molar-refractivity contribution in [1.82, 2.24) is 25.4 Å². The molecule has 1 fully saturated rings. The summed E-state index contributed by atoms with van der Waals surface area (Å²) >= 11 is 1.70. The normalized spacial score (nSPS) is 15.9. The molecular formula is C19H34N6O2S. The number of aromatic nitrogens is 1. The van der Waals surface area contributed by atoms with Crippen molar-refractivity contribution in [3.8, 4) is 0 Å². The second kappa shape index (κ2) is 12.0. The number of carbonyl (C=O) groups excluding carboxylic acids is 1. The van der Waals surface area contributed by atoms with E-state index in [9.17, 15) is 4.79 Å². The first-order valence-corrected chi connectivity index (χ1v) is 10.9. The van der Waals surface area contributed by atoms with Gasteiger partial charge in [0.15, 0.2) is 5.96 Å². The molecule has 1 aromatic rings. The van der Waals surface area contributed by atoms with Gasteiger partial charge in [-0.1, -0.05) is 13.8 Å². The molecule has 0 atom stereocenters. The lowest BCUT2D eigenvalue weighted by atomic mass is 10.2. The summed E-state index contributed by atoms with van der Waals surface area (Å²) < 4.78 is 4.95. The Hall–Kier alpha value is -1.71. The fourth-order valence-corrected chi connectivity index (χ4v) is 3.74. The molecule has 2 heterocycles. The molecule has 1 saturated heterocycles. The summed E-state index contributed by atoms with van der Waals surface area (Å²) in [5, 5.41) is 9.51. The molecule has 8 nitrogen and oxygen atoms in total. The van der Waals surface area contributed by atoms with Gasteiger partial charge in [0.1, 0.15) is 0 Å². The number of methoxy groups -OCH3 is 1. The molecule has 1 aromatic heterocycles. The van der Waals surface area contributed by atoms with E-state index in [1.54, 1.807) is 18.4 Å². The molecule has 0 spiro atoms. The lowest BCUT2D eigenvalue weighted by molar-refractivity contribution is -0.122. The molecule has 2 N–H and O–H groups in total. The van der Waals surface area contributed by atoms with Crippen LogP contribution >= 0.6 is 11.3 Å². The number of amides is 1. The van der Waals surface area contributed by atoms with Gasteiger partial charge >= 0.3 is 0 Å². The lowest BCUT2D eigenvalue weighted by Crippen LogP contribution is -2.54. The van der Waals surface area contributed by atoms with Gasteiger partial charge in [-0.3, -0.25) is 9.69 Å². The highest BCUT2D eigenvalue weighted by atomic mass is 32.1. The van der Waals surface area contributed by atoms with Crippen LogP contribution in [0, 0.1) is 0 Å². The number of nitrogens with zero attached hydrogens (tertiary/aromatic N) is 4. The molecule has 0 aliphatic carbocycles. The highest BCUT2D eigenvalue weighted by Gasteiger charge is 2.21. The van der Waals surface area contributed by atoms with E-state index < -0.39 is 0 Å². The van der Waals surface area contributed by atoms with Gasteiger partial charge < -0.3 is 20.3 Å². The van der Waals surface area contributed by atoms with Gasteiger partial charge in [0.2, 0.25) is 5.91 Å². The van der Waals surface area contributed by atoms with Gasteiger partial charge in [0, 0.05) is 57.7 Å². The van der Waals surface area contributed by atoms with E-state index in [4.69, 9.17) is 9.73 Å². The maximum atomic E-state index is 11.9. The minimum Gasteiger partial charge on any atom is -0.383 e. The third-order valence-corrected chi connectivity index (χ3v) is 5.65. The van der Waals surface area contributed by atoms with Crippen molar-refractivity contribution in [2.75, 3.05) is 59.5 Å². The zero-order valence-corrected chi connectivity index (χ0v) is 18.3. The highest BCUT2D eigenvalue weighted by Crippen LogP contribution is 2.19. The zero-order valence-electron chi connectivity index (χ0n) is 17.5. The van der Waals surface area contributed by atoms with Crippen molar-refractivity contribution in [3.63, 3.8) is 0 Å². The van der Waals surface area contributed by atoms with Gasteiger partial charge in [-0.05, 0) is 6.92 Å². The van der Waals surface area contributed by atoms with E-state index in [0.29, 0.717) is 32.2 Å². The van der Waals surface area contributed by atoms with Crippen molar-refractivity contribution >= 4 is 23.2 Å². The minimum absolute atomic E-state index is 0.0514. The first kappa shape index (κ1) is 22.6. The molecule has 2 rings (SSSR count). The van der Waals surface area contributed by atoms with Crippen molar-refractivity contribution < 1.29 is 9.53 Å². The van der Waals surface area contributed by atoms with Crippen LogP contribution in [-0.4, -0.2) is 86.2 Å². The van der Waals surface area contributed by atoms with E-state index in [-0.39, 0.29) is 5.91 Å². The van der Waals surface area contributed by atoms with Gasteiger partial charge in [-0.15, -0.1) is 11.3 Å². The van der Waals surface area contributed by atoms with Crippen LogP contribution in [0.3, 0.4) is 0 Å². The molecule has 0 radical (unpaired) electrons. The lowest BCUT2D eigenvalue weighted by Gasteiger charge is -2.36. The Labute approximate surface area is 172 Å². The molecule has 158 valence electrons. The molecule has 0 aromatic carbocycles. The van der Waals surface area contributed by atoms with Gasteiger partial charge in [0.25, 0.3) is 0 Å². The first-order chi connectivity index (χ1) is 13.5. The Morgan fingerprint density at radius 3 is 2.68 bits per heavy atom. The van der Waals surface area contributed by atoms with E-state index in [2.05, 4.69) is 51.6 Å². The average molecular weight is 411 g/mol. The van der Waals surface area contributed by atoms with Crippen LogP contribution in [0.25, 0.3) is 0 Å². The zero-order chi connectivity index (χ0) is 20.4. The average Bonchev–Trinajstić information content (AvgIpc) is 3.15. The number of hydrogen-bond acceptors (Lipinski definition) is 6. The number of piperazine rings is 1. The summed E-state index contributed by atoms with van der Waals surface area (Å²) in [6, 6.07) is 0. The number of thiazole rings is 1. The number of guanidine groups is 1. The van der Waals surface area contributed by atoms with Crippen molar-refractivity contribution in [2.24, 2.45) is 4.99 Å². The standard InChI is InChI=1S/C19H34N6O2S/c1-5-20-19(22-12-16-14-28-18(23-16)15(2)3)25-9-7-24(8-10-25)13-17(26)21-6-11-27-4/h14-15H,5-13H2,1-4H3,(H,20,22)(H,21,26). The second-order valence-electron chi connectivity index (χ2n) is 7.11. The van der Waals surface area contributed by atoms with Crippen LogP contribution in [-0.2, 0) is 16.1 Å². The van der Waals surface area contributed by atoms with Gasteiger partial charge in [-0.2, -0.15) is 0 Å².